The van der Waals surface area contributed by atoms with Crippen LogP contribution in [0.4, 0.5) is 17.6 Å². The van der Waals surface area contributed by atoms with E-state index in [1.165, 1.54) is 6.07 Å². The maximum Gasteiger partial charge on any atom is 0.266 e. The summed E-state index contributed by atoms with van der Waals surface area (Å²) in [5, 5.41) is 14.3. The average Bonchev–Trinajstić information content (AvgIpc) is 3.31. The molecule has 0 saturated carbocycles. The Hall–Kier alpha value is -3.42. The smallest absolute Gasteiger partial charge is 0.266 e. The normalized spacial score (nSPS) is 20.8. The first-order valence-electron chi connectivity index (χ1n) is 14.4. The van der Waals surface area contributed by atoms with Gasteiger partial charge in [-0.15, -0.1) is 0 Å². The van der Waals surface area contributed by atoms with Crippen LogP contribution in [0.1, 0.15) is 70.3 Å². The largest absolute Gasteiger partial charge is 0.387 e. The molecule has 3 heterocycles. The van der Waals surface area contributed by atoms with Gasteiger partial charge in [-0.05, 0) is 92.6 Å². The van der Waals surface area contributed by atoms with Gasteiger partial charge in [-0.3, -0.25) is 14.6 Å². The third-order valence-electron chi connectivity index (χ3n) is 8.71. The number of aliphatic hydroxyl groups is 1. The standard InChI is InChI=1S/C31H34F4N4O4S/c1-19-15-22(28(40)38-10-6-30(42,18-32)7-11-38)16-20(2)23(19)5-14-44(43)39-12-8-31(9-13-39)29(41)36-27(37-31)21-3-4-25(33)24(17-21)26(34)35/h3-5,14-17,26,42H,6-13,18H2,1-2H3,(H,36,37,41)/b14-5+. The number of amidine groups is 1. The summed E-state index contributed by atoms with van der Waals surface area (Å²) < 4.78 is 68.0. The molecule has 13 heteroatoms. The van der Waals surface area contributed by atoms with Crippen LogP contribution in [-0.4, -0.2) is 80.2 Å². The van der Waals surface area contributed by atoms with Crippen molar-refractivity contribution in [2.45, 2.75) is 57.1 Å². The van der Waals surface area contributed by atoms with Crippen molar-refractivity contribution in [2.24, 2.45) is 4.99 Å². The Labute approximate surface area is 255 Å². The summed E-state index contributed by atoms with van der Waals surface area (Å²) in [5.41, 5.74) is -0.110. The number of nitrogens with one attached hydrogen (secondary N) is 1. The average molecular weight is 635 g/mol. The Bertz CT molecular complexity index is 1520. The number of aliphatic imine (C=N–C) groups is 1. The van der Waals surface area contributed by atoms with E-state index < -0.39 is 46.6 Å². The van der Waals surface area contributed by atoms with Crippen molar-refractivity contribution >= 4 is 34.7 Å². The number of halogens is 4. The van der Waals surface area contributed by atoms with Gasteiger partial charge in [-0.2, -0.15) is 0 Å². The lowest BCUT2D eigenvalue weighted by molar-refractivity contribution is -0.124. The number of aryl methyl sites for hydroxylation is 2. The van der Waals surface area contributed by atoms with Crippen LogP contribution in [0.25, 0.3) is 6.08 Å². The molecule has 3 aliphatic heterocycles. The quantitative estimate of drug-likeness (QED) is 0.442. The Morgan fingerprint density at radius 1 is 1.09 bits per heavy atom. The van der Waals surface area contributed by atoms with Crippen molar-refractivity contribution in [1.29, 1.82) is 0 Å². The highest BCUT2D eigenvalue weighted by atomic mass is 32.2. The second kappa shape index (κ2) is 12.5. The highest BCUT2D eigenvalue weighted by molar-refractivity contribution is 7.85. The first-order valence-corrected chi connectivity index (χ1v) is 15.5. The molecule has 1 unspecified atom stereocenters. The molecule has 1 spiro atoms. The van der Waals surface area contributed by atoms with Gasteiger partial charge in [0.2, 0.25) is 0 Å². The number of benzene rings is 2. The molecule has 3 aliphatic rings. The van der Waals surface area contributed by atoms with Crippen LogP contribution in [0.15, 0.2) is 40.7 Å². The minimum atomic E-state index is -3.01. The van der Waals surface area contributed by atoms with Crippen molar-refractivity contribution < 1.29 is 36.5 Å². The van der Waals surface area contributed by atoms with Gasteiger partial charge in [-0.1, -0.05) is 0 Å². The fourth-order valence-electron chi connectivity index (χ4n) is 5.90. The number of carbonyl (C=O) groups is 2. The molecule has 236 valence electrons. The fourth-order valence-corrected chi connectivity index (χ4v) is 6.87. The zero-order chi connectivity index (χ0) is 31.8. The molecule has 5 rings (SSSR count). The lowest BCUT2D eigenvalue weighted by Gasteiger charge is -2.36. The van der Waals surface area contributed by atoms with Gasteiger partial charge >= 0.3 is 0 Å². The van der Waals surface area contributed by atoms with Crippen LogP contribution in [0.2, 0.25) is 0 Å². The SMILES string of the molecule is Cc1cc(C(=O)N2CCC(O)(CF)CC2)cc(C)c1/C=C/S(=O)N1CCC2(CC1)N=C(c1ccc(F)c(C(F)F)c1)NC2=O. The molecule has 2 fully saturated rings. The van der Waals surface area contributed by atoms with Crippen molar-refractivity contribution in [3.63, 3.8) is 0 Å². The third kappa shape index (κ3) is 6.36. The Balaban J connectivity index is 1.22. The molecule has 2 amide bonds. The monoisotopic (exact) mass is 634 g/mol. The molecule has 2 aromatic rings. The molecule has 2 aromatic carbocycles. The summed E-state index contributed by atoms with van der Waals surface area (Å²) in [6.07, 6.45) is -0.362. The number of hydrogen-bond acceptors (Lipinski definition) is 5. The van der Waals surface area contributed by atoms with Gasteiger partial charge in [0.05, 0.1) is 11.2 Å². The van der Waals surface area contributed by atoms with Crippen molar-refractivity contribution in [3.05, 3.63) is 74.9 Å². The van der Waals surface area contributed by atoms with Gasteiger partial charge in [0.1, 0.15) is 34.9 Å². The van der Waals surface area contributed by atoms with Crippen LogP contribution < -0.4 is 5.32 Å². The summed E-state index contributed by atoms with van der Waals surface area (Å²) in [6.45, 7) is 4.02. The molecule has 0 bridgehead atoms. The van der Waals surface area contributed by atoms with E-state index in [2.05, 4.69) is 10.3 Å². The molecule has 0 aromatic heterocycles. The Kier molecular flexibility index (Phi) is 9.11. The minimum Gasteiger partial charge on any atom is -0.387 e. The van der Waals surface area contributed by atoms with E-state index in [9.17, 15) is 36.5 Å². The van der Waals surface area contributed by atoms with E-state index in [1.54, 1.807) is 32.8 Å². The van der Waals surface area contributed by atoms with Crippen LogP contribution in [0, 0.1) is 19.7 Å². The summed E-state index contributed by atoms with van der Waals surface area (Å²) >= 11 is 0. The fraction of sp³-hybridized carbons (Fsp3) is 0.452. The van der Waals surface area contributed by atoms with Gasteiger partial charge in [0.25, 0.3) is 18.2 Å². The van der Waals surface area contributed by atoms with E-state index in [0.717, 1.165) is 28.8 Å². The maximum absolute atomic E-state index is 13.7. The summed E-state index contributed by atoms with van der Waals surface area (Å²) in [7, 11) is -1.52. The molecular formula is C31H34F4N4O4S. The lowest BCUT2D eigenvalue weighted by atomic mass is 9.89. The zero-order valence-corrected chi connectivity index (χ0v) is 25.2. The van der Waals surface area contributed by atoms with Gasteiger partial charge < -0.3 is 15.3 Å². The topological polar surface area (TPSA) is 102 Å². The van der Waals surface area contributed by atoms with Gasteiger partial charge in [-0.25, -0.2) is 26.1 Å². The molecular weight excluding hydrogens is 600 g/mol. The number of alkyl halides is 3. The molecule has 0 aliphatic carbocycles. The van der Waals surface area contributed by atoms with E-state index in [0.29, 0.717) is 18.7 Å². The predicted molar refractivity (Wildman–Crippen MR) is 159 cm³/mol. The molecule has 8 nitrogen and oxygen atoms in total. The van der Waals surface area contributed by atoms with E-state index in [-0.39, 0.29) is 62.0 Å². The molecule has 2 saturated heterocycles. The van der Waals surface area contributed by atoms with Crippen molar-refractivity contribution in [2.75, 3.05) is 32.9 Å². The van der Waals surface area contributed by atoms with Crippen LogP contribution in [0.5, 0.6) is 0 Å². The summed E-state index contributed by atoms with van der Waals surface area (Å²) in [5.74, 6) is -1.48. The van der Waals surface area contributed by atoms with Gasteiger partial charge in [0.15, 0.2) is 0 Å². The van der Waals surface area contributed by atoms with E-state index >= 15 is 0 Å². The van der Waals surface area contributed by atoms with Crippen molar-refractivity contribution in [3.8, 4) is 0 Å². The number of hydrogen-bond donors (Lipinski definition) is 2. The van der Waals surface area contributed by atoms with E-state index in [4.69, 9.17) is 0 Å². The van der Waals surface area contributed by atoms with Crippen LogP contribution in [-0.2, 0) is 15.8 Å². The number of likely N-dealkylation sites (tertiary alicyclic amines) is 1. The van der Waals surface area contributed by atoms with Crippen LogP contribution >= 0.6 is 0 Å². The second-order valence-electron chi connectivity index (χ2n) is 11.7. The lowest BCUT2D eigenvalue weighted by Crippen LogP contribution is -2.49. The molecule has 2 N–H and O–H groups in total. The molecule has 0 radical (unpaired) electrons. The highest BCUT2D eigenvalue weighted by Gasteiger charge is 2.46. The number of amides is 2. The number of piperidine rings is 2. The second-order valence-corrected chi connectivity index (χ2v) is 13.0. The molecule has 1 atom stereocenters. The Morgan fingerprint density at radius 3 is 2.32 bits per heavy atom. The third-order valence-corrected chi connectivity index (χ3v) is 9.95. The summed E-state index contributed by atoms with van der Waals surface area (Å²) in [6, 6.07) is 6.73. The first kappa shape index (κ1) is 32.0. The first-order chi connectivity index (χ1) is 20.8. The summed E-state index contributed by atoms with van der Waals surface area (Å²) in [4.78, 5) is 32.1. The van der Waals surface area contributed by atoms with Crippen LogP contribution in [0.3, 0.4) is 0 Å². The van der Waals surface area contributed by atoms with Gasteiger partial charge in [0, 0.05) is 42.7 Å². The zero-order valence-electron chi connectivity index (χ0n) is 24.4. The molecule has 44 heavy (non-hydrogen) atoms. The number of nitrogens with zero attached hydrogens (tertiary/aromatic N) is 3. The van der Waals surface area contributed by atoms with E-state index in [1.807, 2.05) is 13.8 Å². The maximum atomic E-state index is 13.7. The number of carbonyl (C=O) groups excluding carboxylic acids is 2. The minimum absolute atomic E-state index is 0.112. The van der Waals surface area contributed by atoms with Crippen molar-refractivity contribution in [1.82, 2.24) is 14.5 Å². The Morgan fingerprint density at radius 2 is 1.73 bits per heavy atom. The highest BCUT2D eigenvalue weighted by Crippen LogP contribution is 2.33. The predicted octanol–water partition coefficient (Wildman–Crippen LogP) is 4.36. The number of rotatable bonds is 7.